The number of pyridine rings is 1. The van der Waals surface area contributed by atoms with Crippen LogP contribution in [-0.2, 0) is 0 Å². The van der Waals surface area contributed by atoms with Crippen LogP contribution in [-0.4, -0.2) is 48.4 Å². The number of benzene rings is 1. The Morgan fingerprint density at radius 3 is 2.23 bits per heavy atom. The molecule has 1 fully saturated rings. The van der Waals surface area contributed by atoms with Gasteiger partial charge in [-0.15, -0.1) is 0 Å². The van der Waals surface area contributed by atoms with Crippen molar-refractivity contribution in [2.75, 3.05) is 37.9 Å². The molecule has 1 aromatic carbocycles. The van der Waals surface area contributed by atoms with Gasteiger partial charge in [0.2, 0.25) is 0 Å². The summed E-state index contributed by atoms with van der Waals surface area (Å²) in [6, 6.07) is 3.03. The summed E-state index contributed by atoms with van der Waals surface area (Å²) in [6.07, 6.45) is -2.87. The van der Waals surface area contributed by atoms with E-state index in [1.807, 2.05) is 0 Å². The molecular weight excluding hydrogens is 458 g/mol. The summed E-state index contributed by atoms with van der Waals surface area (Å²) in [5.74, 6) is -0.319. The van der Waals surface area contributed by atoms with Crippen molar-refractivity contribution in [3.05, 3.63) is 28.4 Å². The van der Waals surface area contributed by atoms with Crippen molar-refractivity contribution in [3.63, 3.8) is 0 Å². The highest BCUT2D eigenvalue weighted by atomic mass is 35.5. The Morgan fingerprint density at radius 1 is 1.06 bits per heavy atom. The lowest BCUT2D eigenvalue weighted by Gasteiger charge is -2.41. The second-order valence-corrected chi connectivity index (χ2v) is 7.68. The summed E-state index contributed by atoms with van der Waals surface area (Å²) in [5.41, 5.74) is 6.38. The van der Waals surface area contributed by atoms with Gasteiger partial charge in [-0.2, -0.15) is 13.2 Å². The molecule has 1 aliphatic rings. The van der Waals surface area contributed by atoms with Gasteiger partial charge in [0, 0.05) is 24.5 Å². The molecule has 2 N–H and O–H groups in total. The summed E-state index contributed by atoms with van der Waals surface area (Å²) in [4.78, 5) is 14.5. The third-order valence-corrected chi connectivity index (χ3v) is 5.77. The number of ether oxygens (including phenoxy) is 2. The monoisotopic (exact) mass is 473 g/mol. The zero-order valence-electron chi connectivity index (χ0n) is 16.3. The van der Waals surface area contributed by atoms with Gasteiger partial charge >= 0.3 is 6.18 Å². The molecule has 3 aromatic rings. The van der Waals surface area contributed by atoms with E-state index in [2.05, 4.69) is 15.0 Å². The Hall–Kier alpha value is -2.72. The van der Waals surface area contributed by atoms with Crippen molar-refractivity contribution in [2.45, 2.75) is 6.18 Å². The minimum absolute atomic E-state index is 0.0942. The van der Waals surface area contributed by atoms with Crippen LogP contribution >= 0.6 is 23.2 Å². The maximum Gasteiger partial charge on any atom is 0.395 e. The predicted molar refractivity (Wildman–Crippen MR) is 112 cm³/mol. The number of nitrogen functional groups attached to an aromatic ring is 1. The number of hydrogen-bond acceptors (Lipinski definition) is 7. The predicted octanol–water partition coefficient (Wildman–Crippen LogP) is 4.60. The molecule has 0 atom stereocenters. The Bertz CT molecular complexity index is 1140. The molecule has 0 bridgehead atoms. The molecule has 2 aromatic heterocycles. The number of hydrogen-bond donors (Lipinski definition) is 1. The number of rotatable bonds is 4. The lowest BCUT2D eigenvalue weighted by Crippen LogP contribution is -2.53. The van der Waals surface area contributed by atoms with E-state index in [0.29, 0.717) is 10.9 Å². The van der Waals surface area contributed by atoms with E-state index in [0.717, 1.165) is 0 Å². The second kappa shape index (κ2) is 7.76. The van der Waals surface area contributed by atoms with Crippen molar-refractivity contribution in [3.8, 4) is 22.9 Å². The Balaban J connectivity index is 1.91. The molecule has 164 valence electrons. The third kappa shape index (κ3) is 3.74. The van der Waals surface area contributed by atoms with Gasteiger partial charge < -0.3 is 20.1 Å². The maximum absolute atomic E-state index is 13.0. The van der Waals surface area contributed by atoms with Crippen molar-refractivity contribution in [1.29, 1.82) is 0 Å². The number of alkyl halides is 3. The molecule has 7 nitrogen and oxygen atoms in total. The fourth-order valence-corrected chi connectivity index (χ4v) is 4.00. The molecule has 0 spiro atoms. The zero-order chi connectivity index (χ0) is 22.5. The van der Waals surface area contributed by atoms with Gasteiger partial charge in [-0.25, -0.2) is 15.0 Å². The number of nitrogens with zero attached hydrogens (tertiary/aromatic N) is 4. The highest BCUT2D eigenvalue weighted by Gasteiger charge is 2.48. The van der Waals surface area contributed by atoms with Crippen LogP contribution in [0.5, 0.6) is 11.5 Å². The molecule has 0 unspecified atom stereocenters. The van der Waals surface area contributed by atoms with Gasteiger partial charge in [-0.1, -0.05) is 23.2 Å². The van der Waals surface area contributed by atoms with Crippen molar-refractivity contribution in [2.24, 2.45) is 5.92 Å². The highest BCUT2D eigenvalue weighted by molar-refractivity contribution is 6.41. The first kappa shape index (κ1) is 21.5. The van der Waals surface area contributed by atoms with Crippen molar-refractivity contribution < 1.29 is 22.6 Å². The SMILES string of the molecule is COc1cc(OC)c(Cl)c(-c2nc(N3CC(C(F)(F)F)C3)c3cc(N)ncc3n2)c1Cl. The van der Waals surface area contributed by atoms with Gasteiger partial charge in [0.05, 0.1) is 47.5 Å². The van der Waals surface area contributed by atoms with Gasteiger partial charge in [0.1, 0.15) is 23.1 Å². The molecule has 1 aliphatic heterocycles. The summed E-state index contributed by atoms with van der Waals surface area (Å²) < 4.78 is 49.7. The smallest absolute Gasteiger partial charge is 0.395 e. The second-order valence-electron chi connectivity index (χ2n) is 6.92. The standard InChI is InChI=1S/C19H16Cl2F3N5O2/c1-30-11-4-12(31-2)16(21)14(15(11)20)17-27-10-5-26-13(25)3-9(10)18(28-17)29-6-8(7-29)19(22,23)24/h3-5,8H,6-7H2,1-2H3,(H2,25,26). The molecule has 12 heteroatoms. The minimum atomic E-state index is -4.28. The average molecular weight is 474 g/mol. The van der Waals surface area contributed by atoms with Crippen LogP contribution in [0.4, 0.5) is 24.8 Å². The number of methoxy groups -OCH3 is 2. The van der Waals surface area contributed by atoms with Crippen LogP contribution in [0.1, 0.15) is 0 Å². The summed E-state index contributed by atoms with van der Waals surface area (Å²) in [5, 5.41) is 0.747. The Morgan fingerprint density at radius 2 is 1.68 bits per heavy atom. The highest BCUT2D eigenvalue weighted by Crippen LogP contribution is 2.46. The molecule has 0 saturated carbocycles. The topological polar surface area (TPSA) is 86.4 Å². The summed E-state index contributed by atoms with van der Waals surface area (Å²) in [6.45, 7) is -0.472. The zero-order valence-corrected chi connectivity index (χ0v) is 17.8. The average Bonchev–Trinajstić information content (AvgIpc) is 2.66. The van der Waals surface area contributed by atoms with Crippen LogP contribution in [0.3, 0.4) is 0 Å². The first-order valence-electron chi connectivity index (χ1n) is 8.99. The summed E-state index contributed by atoms with van der Waals surface area (Å²) in [7, 11) is 2.85. The van der Waals surface area contributed by atoms with Gasteiger partial charge in [-0.05, 0) is 6.07 Å². The number of fused-ring (bicyclic) bond motifs is 1. The van der Waals surface area contributed by atoms with E-state index in [-0.39, 0.29) is 57.7 Å². The number of halogens is 5. The third-order valence-electron chi connectivity index (χ3n) is 5.02. The van der Waals surface area contributed by atoms with Gasteiger partial charge in [0.15, 0.2) is 5.82 Å². The molecule has 0 radical (unpaired) electrons. The molecular formula is C19H16Cl2F3N5O2. The number of aromatic nitrogens is 3. The largest absolute Gasteiger partial charge is 0.495 e. The van der Waals surface area contributed by atoms with E-state index in [4.69, 9.17) is 38.4 Å². The van der Waals surface area contributed by atoms with Crippen LogP contribution in [0, 0.1) is 5.92 Å². The van der Waals surface area contributed by atoms with E-state index >= 15 is 0 Å². The van der Waals surface area contributed by atoms with Crippen LogP contribution in [0.25, 0.3) is 22.3 Å². The quantitative estimate of drug-likeness (QED) is 0.592. The van der Waals surface area contributed by atoms with Gasteiger partial charge in [-0.3, -0.25) is 0 Å². The first-order chi connectivity index (χ1) is 14.6. The van der Waals surface area contributed by atoms with E-state index < -0.39 is 12.1 Å². The Kier molecular flexibility index (Phi) is 5.38. The first-order valence-corrected chi connectivity index (χ1v) is 9.75. The normalized spacial score (nSPS) is 14.6. The molecule has 0 aliphatic carbocycles. The number of nitrogens with two attached hydrogens (primary N) is 1. The van der Waals surface area contributed by atoms with E-state index in [1.165, 1.54) is 37.4 Å². The van der Waals surface area contributed by atoms with E-state index in [9.17, 15) is 13.2 Å². The minimum Gasteiger partial charge on any atom is -0.495 e. The molecule has 1 saturated heterocycles. The van der Waals surface area contributed by atoms with Crippen LogP contribution < -0.4 is 20.1 Å². The lowest BCUT2D eigenvalue weighted by molar-refractivity contribution is -0.180. The number of anilines is 2. The van der Waals surface area contributed by atoms with Crippen molar-refractivity contribution >= 4 is 45.7 Å². The van der Waals surface area contributed by atoms with Crippen molar-refractivity contribution in [1.82, 2.24) is 15.0 Å². The fourth-order valence-electron chi connectivity index (χ4n) is 3.33. The fraction of sp³-hybridized carbons (Fsp3) is 0.316. The molecule has 0 amide bonds. The lowest BCUT2D eigenvalue weighted by atomic mass is 9.99. The molecule has 31 heavy (non-hydrogen) atoms. The van der Waals surface area contributed by atoms with Crippen LogP contribution in [0.15, 0.2) is 18.3 Å². The summed E-state index contributed by atoms with van der Waals surface area (Å²) >= 11 is 12.9. The van der Waals surface area contributed by atoms with Crippen LogP contribution in [0.2, 0.25) is 10.0 Å². The van der Waals surface area contributed by atoms with Gasteiger partial charge in [0.25, 0.3) is 0 Å². The Labute approximate surface area is 184 Å². The molecule has 4 rings (SSSR count). The molecule has 3 heterocycles. The maximum atomic E-state index is 13.0. The van der Waals surface area contributed by atoms with E-state index in [1.54, 1.807) is 0 Å².